The number of para-hydroxylation sites is 1. The second-order valence-electron chi connectivity index (χ2n) is 4.86. The molecule has 8 nitrogen and oxygen atoms in total. The molecule has 2 aromatic rings. The first-order valence-corrected chi connectivity index (χ1v) is 6.63. The van der Waals surface area contributed by atoms with Crippen LogP contribution in [0.2, 0.25) is 0 Å². The second-order valence-corrected chi connectivity index (χ2v) is 4.86. The van der Waals surface area contributed by atoms with Crippen molar-refractivity contribution in [2.45, 2.75) is 0 Å². The van der Waals surface area contributed by atoms with Crippen LogP contribution in [-0.4, -0.2) is 26.6 Å². The van der Waals surface area contributed by atoms with Gasteiger partial charge in [0.25, 0.3) is 5.69 Å². The van der Waals surface area contributed by atoms with Gasteiger partial charge in [0.05, 0.1) is 21.7 Å². The van der Waals surface area contributed by atoms with Crippen LogP contribution in [0.4, 0.5) is 5.69 Å². The number of aromatic nitrogens is 1. The average molecular weight is 321 g/mol. The van der Waals surface area contributed by atoms with Crippen molar-refractivity contribution < 1.29 is 19.6 Å². The molecule has 0 saturated carbocycles. The van der Waals surface area contributed by atoms with E-state index in [0.29, 0.717) is 0 Å². The number of carbonyl (C=O) groups excluding carboxylic acids is 2. The van der Waals surface area contributed by atoms with Gasteiger partial charge in [-0.05, 0) is 18.2 Å². The van der Waals surface area contributed by atoms with Gasteiger partial charge in [0.1, 0.15) is 17.3 Å². The van der Waals surface area contributed by atoms with Gasteiger partial charge in [-0.15, -0.1) is 0 Å². The molecule has 8 heteroatoms. The van der Waals surface area contributed by atoms with E-state index in [9.17, 15) is 24.8 Å². The third-order valence-electron chi connectivity index (χ3n) is 3.52. The van der Waals surface area contributed by atoms with Crippen molar-refractivity contribution in [2.24, 2.45) is 0 Å². The molecule has 0 radical (unpaired) electrons. The summed E-state index contributed by atoms with van der Waals surface area (Å²) in [6, 6.07) is 9.90. The van der Waals surface area contributed by atoms with E-state index < -0.39 is 27.8 Å². The molecule has 1 aliphatic rings. The minimum absolute atomic E-state index is 0.132. The summed E-state index contributed by atoms with van der Waals surface area (Å²) in [5, 5.41) is 30.1. The van der Waals surface area contributed by atoms with Gasteiger partial charge < -0.3 is 5.11 Å². The van der Waals surface area contributed by atoms with Crippen LogP contribution in [0.15, 0.2) is 42.0 Å². The zero-order valence-corrected chi connectivity index (χ0v) is 11.9. The van der Waals surface area contributed by atoms with Gasteiger partial charge in [-0.25, -0.2) is 4.98 Å². The van der Waals surface area contributed by atoms with Gasteiger partial charge in [-0.3, -0.25) is 19.7 Å². The lowest BCUT2D eigenvalue weighted by atomic mass is 9.91. The Kier molecular flexibility index (Phi) is 3.39. The number of nitro groups is 1. The standard InChI is InChI=1S/C16H7N3O5/c17-7-10-14(20)13-9(15(21)16(10)22)5-6-11(18-13)8-3-1-2-4-12(8)19(23)24/h1-6,20H. The number of nitriles is 1. The third-order valence-corrected chi connectivity index (χ3v) is 3.52. The summed E-state index contributed by atoms with van der Waals surface area (Å²) < 4.78 is 0. The Balaban J connectivity index is 2.26. The number of fused-ring (bicyclic) bond motifs is 1. The molecule has 0 saturated heterocycles. The number of pyridine rings is 1. The first kappa shape index (κ1) is 15.1. The van der Waals surface area contributed by atoms with E-state index in [1.807, 2.05) is 0 Å². The molecule has 116 valence electrons. The molecule has 0 spiro atoms. The third kappa shape index (κ3) is 2.12. The molecule has 0 fully saturated rings. The molecule has 1 aromatic carbocycles. The highest BCUT2D eigenvalue weighted by molar-refractivity contribution is 6.53. The van der Waals surface area contributed by atoms with E-state index in [1.165, 1.54) is 36.4 Å². The minimum atomic E-state index is -1.11. The number of carbonyl (C=O) groups is 2. The molecule has 0 atom stereocenters. The minimum Gasteiger partial charge on any atom is -0.504 e. The molecule has 0 amide bonds. The number of aliphatic hydroxyl groups excluding tert-OH is 1. The molecule has 1 N–H and O–H groups in total. The van der Waals surface area contributed by atoms with E-state index in [4.69, 9.17) is 5.26 Å². The van der Waals surface area contributed by atoms with Crippen LogP contribution in [0.25, 0.3) is 17.0 Å². The van der Waals surface area contributed by atoms with Crippen LogP contribution in [-0.2, 0) is 4.79 Å². The Morgan fingerprint density at radius 2 is 1.79 bits per heavy atom. The number of nitro benzene ring substituents is 1. The van der Waals surface area contributed by atoms with Crippen LogP contribution in [0.3, 0.4) is 0 Å². The second kappa shape index (κ2) is 5.40. The summed E-state index contributed by atoms with van der Waals surface area (Å²) in [6.45, 7) is 0. The van der Waals surface area contributed by atoms with E-state index in [2.05, 4.69) is 4.98 Å². The number of nitrogens with zero attached hydrogens (tertiary/aromatic N) is 3. The molecular weight excluding hydrogens is 314 g/mol. The van der Waals surface area contributed by atoms with Gasteiger partial charge in [0, 0.05) is 6.07 Å². The lowest BCUT2D eigenvalue weighted by Crippen LogP contribution is -2.24. The van der Waals surface area contributed by atoms with Crippen molar-refractivity contribution in [1.82, 2.24) is 4.98 Å². The predicted octanol–water partition coefficient (Wildman–Crippen LogP) is 2.21. The van der Waals surface area contributed by atoms with Crippen molar-refractivity contribution in [1.29, 1.82) is 5.26 Å². The maximum Gasteiger partial charge on any atom is 0.278 e. The zero-order valence-electron chi connectivity index (χ0n) is 11.9. The highest BCUT2D eigenvalue weighted by Crippen LogP contribution is 2.32. The fraction of sp³-hybridized carbons (Fsp3) is 0. The lowest BCUT2D eigenvalue weighted by Gasteiger charge is -2.14. The Hall–Kier alpha value is -3.86. The Labute approximate surface area is 134 Å². The van der Waals surface area contributed by atoms with Gasteiger partial charge in [-0.1, -0.05) is 12.1 Å². The lowest BCUT2D eigenvalue weighted by molar-refractivity contribution is -0.384. The fourth-order valence-corrected chi connectivity index (χ4v) is 2.39. The Bertz CT molecular complexity index is 1000. The quantitative estimate of drug-likeness (QED) is 0.509. The number of allylic oxidation sites excluding steroid dienone is 1. The largest absolute Gasteiger partial charge is 0.504 e. The highest BCUT2D eigenvalue weighted by atomic mass is 16.6. The summed E-state index contributed by atoms with van der Waals surface area (Å²) in [7, 11) is 0. The van der Waals surface area contributed by atoms with Crippen molar-refractivity contribution in [3.63, 3.8) is 0 Å². The summed E-state index contributed by atoms with van der Waals surface area (Å²) >= 11 is 0. The first-order chi connectivity index (χ1) is 11.5. The first-order valence-electron chi connectivity index (χ1n) is 6.63. The number of Topliss-reactive ketones (excluding diaryl/α,β-unsaturated/α-hetero) is 2. The summed E-state index contributed by atoms with van der Waals surface area (Å²) in [4.78, 5) is 38.3. The molecular formula is C16H7N3O5. The van der Waals surface area contributed by atoms with Crippen LogP contribution in [0, 0.1) is 21.4 Å². The van der Waals surface area contributed by atoms with E-state index in [1.54, 1.807) is 6.07 Å². The average Bonchev–Trinajstić information content (AvgIpc) is 2.60. The van der Waals surface area contributed by atoms with E-state index in [-0.39, 0.29) is 28.2 Å². The van der Waals surface area contributed by atoms with Crippen LogP contribution < -0.4 is 0 Å². The SMILES string of the molecule is N#CC1=C(O)c2nc(-c3ccccc3[N+](=O)[O-])ccc2C(=O)C1=O. The van der Waals surface area contributed by atoms with E-state index in [0.717, 1.165) is 0 Å². The number of hydrogen-bond acceptors (Lipinski definition) is 7. The number of rotatable bonds is 2. The number of ketones is 2. The van der Waals surface area contributed by atoms with E-state index >= 15 is 0 Å². The monoisotopic (exact) mass is 321 g/mol. The molecule has 3 rings (SSSR count). The van der Waals surface area contributed by atoms with Gasteiger partial charge in [0.2, 0.25) is 11.6 Å². The van der Waals surface area contributed by atoms with Crippen LogP contribution in [0.5, 0.6) is 0 Å². The molecule has 0 bridgehead atoms. The van der Waals surface area contributed by atoms with Crippen LogP contribution >= 0.6 is 0 Å². The Morgan fingerprint density at radius 1 is 1.08 bits per heavy atom. The molecule has 1 aliphatic carbocycles. The summed E-state index contributed by atoms with van der Waals surface area (Å²) in [5.74, 6) is -2.78. The zero-order chi connectivity index (χ0) is 17.4. The Morgan fingerprint density at radius 3 is 2.46 bits per heavy atom. The topological polar surface area (TPSA) is 134 Å². The molecule has 0 unspecified atom stereocenters. The molecule has 0 aliphatic heterocycles. The summed E-state index contributed by atoms with van der Waals surface area (Å²) in [5.41, 5.74) is -0.981. The highest BCUT2D eigenvalue weighted by Gasteiger charge is 2.34. The molecule has 1 heterocycles. The van der Waals surface area contributed by atoms with Gasteiger partial charge in [0.15, 0.2) is 5.76 Å². The van der Waals surface area contributed by atoms with Crippen molar-refractivity contribution in [3.8, 4) is 17.3 Å². The van der Waals surface area contributed by atoms with Gasteiger partial charge >= 0.3 is 0 Å². The van der Waals surface area contributed by atoms with Gasteiger partial charge in [-0.2, -0.15) is 5.26 Å². The van der Waals surface area contributed by atoms with Crippen molar-refractivity contribution in [3.05, 3.63) is 63.3 Å². The normalized spacial score (nSPS) is 13.5. The van der Waals surface area contributed by atoms with Crippen LogP contribution in [0.1, 0.15) is 16.1 Å². The summed E-state index contributed by atoms with van der Waals surface area (Å²) in [6.07, 6.45) is 0. The van der Waals surface area contributed by atoms with Crippen molar-refractivity contribution >= 4 is 23.0 Å². The fourth-order valence-electron chi connectivity index (χ4n) is 2.39. The maximum absolute atomic E-state index is 12.0. The molecule has 24 heavy (non-hydrogen) atoms. The maximum atomic E-state index is 12.0. The number of hydrogen-bond donors (Lipinski definition) is 1. The number of aliphatic hydroxyl groups is 1. The van der Waals surface area contributed by atoms with Crippen molar-refractivity contribution in [2.75, 3.05) is 0 Å². The number of benzene rings is 1. The smallest absolute Gasteiger partial charge is 0.278 e. The molecule has 1 aromatic heterocycles. The predicted molar refractivity (Wildman–Crippen MR) is 80.8 cm³/mol.